The van der Waals surface area contributed by atoms with Crippen LogP contribution in [0.1, 0.15) is 0 Å². The molecule has 0 unspecified atom stereocenters. The first-order valence-electron chi connectivity index (χ1n) is 2.65. The van der Waals surface area contributed by atoms with E-state index in [2.05, 4.69) is 4.84 Å². The van der Waals surface area contributed by atoms with Crippen molar-refractivity contribution >= 4 is 11.9 Å². The average molecular weight is 145 g/mol. The number of primary amides is 1. The van der Waals surface area contributed by atoms with Crippen molar-refractivity contribution in [1.29, 1.82) is 0 Å². The van der Waals surface area contributed by atoms with Crippen LogP contribution in [0.3, 0.4) is 0 Å². The molecule has 1 fully saturated rings. The van der Waals surface area contributed by atoms with Crippen LogP contribution in [0.25, 0.3) is 0 Å². The number of hydrogen-bond donors (Lipinski definition) is 2. The predicted molar refractivity (Wildman–Crippen MR) is 30.4 cm³/mol. The third-order valence-corrected chi connectivity index (χ3v) is 1.10. The number of nitrogens with zero attached hydrogens (tertiary/aromatic N) is 1. The molecule has 0 saturated carbocycles. The summed E-state index contributed by atoms with van der Waals surface area (Å²) in [4.78, 5) is 25.5. The van der Waals surface area contributed by atoms with E-state index in [1.54, 1.807) is 0 Å². The molecule has 1 aliphatic rings. The zero-order valence-electron chi connectivity index (χ0n) is 5.11. The van der Waals surface area contributed by atoms with Gasteiger partial charge in [0.2, 0.25) is 0 Å². The second-order valence-corrected chi connectivity index (χ2v) is 1.87. The Labute approximate surface area is 56.7 Å². The summed E-state index contributed by atoms with van der Waals surface area (Å²) in [5, 5.41) is 0.463. The van der Waals surface area contributed by atoms with Gasteiger partial charge in [0.25, 0.3) is 5.91 Å². The summed E-state index contributed by atoms with van der Waals surface area (Å²) in [6, 6.07) is -1.69. The zero-order valence-corrected chi connectivity index (χ0v) is 5.11. The first-order chi connectivity index (χ1) is 4.63. The Morgan fingerprint density at radius 3 is 2.60 bits per heavy atom. The molecule has 0 bridgehead atoms. The van der Waals surface area contributed by atoms with E-state index in [-0.39, 0.29) is 6.61 Å². The molecule has 1 rings (SSSR count). The summed E-state index contributed by atoms with van der Waals surface area (Å²) >= 11 is 0. The Morgan fingerprint density at radius 2 is 2.40 bits per heavy atom. The molecule has 0 aliphatic carbocycles. The molecule has 56 valence electrons. The summed E-state index contributed by atoms with van der Waals surface area (Å²) in [5.74, 6) is -0.590. The number of hydroxylamine groups is 2. The lowest BCUT2D eigenvalue weighted by Gasteiger charge is -2.06. The molecule has 0 spiro atoms. The van der Waals surface area contributed by atoms with Gasteiger partial charge in [-0.3, -0.25) is 9.63 Å². The van der Waals surface area contributed by atoms with Crippen molar-refractivity contribution in [3.05, 3.63) is 0 Å². The molecular formula is C4H7N3O3. The number of hydrogen-bond acceptors (Lipinski definition) is 4. The Kier molecular flexibility index (Phi) is 1.56. The van der Waals surface area contributed by atoms with Crippen LogP contribution in [0, 0.1) is 0 Å². The quantitative estimate of drug-likeness (QED) is 0.418. The van der Waals surface area contributed by atoms with E-state index in [0.717, 1.165) is 0 Å². The smallest absolute Gasteiger partial charge is 0.346 e. The van der Waals surface area contributed by atoms with Gasteiger partial charge in [-0.25, -0.2) is 4.79 Å². The molecule has 1 aliphatic heterocycles. The SMILES string of the molecule is NC(=O)N1OC[C@@H](N)C1=O. The highest BCUT2D eigenvalue weighted by atomic mass is 16.7. The highest BCUT2D eigenvalue weighted by Crippen LogP contribution is 2.04. The first kappa shape index (κ1) is 6.97. The maximum Gasteiger partial charge on any atom is 0.346 e. The molecule has 10 heavy (non-hydrogen) atoms. The molecule has 0 aromatic heterocycles. The fraction of sp³-hybridized carbons (Fsp3) is 0.500. The molecular weight excluding hydrogens is 138 g/mol. The summed E-state index contributed by atoms with van der Waals surface area (Å²) in [6.07, 6.45) is 0. The maximum atomic E-state index is 10.7. The summed E-state index contributed by atoms with van der Waals surface area (Å²) < 4.78 is 0. The van der Waals surface area contributed by atoms with Crippen LogP contribution in [0.4, 0.5) is 4.79 Å². The standard InChI is InChI=1S/C4H7N3O3/c5-2-1-10-7(3(2)8)4(6)9/h2H,1,5H2,(H2,6,9)/t2-/m1/s1. The third-order valence-electron chi connectivity index (χ3n) is 1.10. The largest absolute Gasteiger partial charge is 0.349 e. The second-order valence-electron chi connectivity index (χ2n) is 1.87. The normalized spacial score (nSPS) is 25.5. The second kappa shape index (κ2) is 2.24. The molecule has 4 N–H and O–H groups in total. The van der Waals surface area contributed by atoms with Crippen molar-refractivity contribution in [2.45, 2.75) is 6.04 Å². The minimum absolute atomic E-state index is 0.0156. The molecule has 6 nitrogen and oxygen atoms in total. The molecule has 6 heteroatoms. The highest BCUT2D eigenvalue weighted by Gasteiger charge is 2.33. The van der Waals surface area contributed by atoms with Gasteiger partial charge >= 0.3 is 6.03 Å². The van der Waals surface area contributed by atoms with Crippen molar-refractivity contribution in [3.8, 4) is 0 Å². The lowest BCUT2D eigenvalue weighted by Crippen LogP contribution is -2.40. The van der Waals surface area contributed by atoms with Crippen molar-refractivity contribution in [3.63, 3.8) is 0 Å². The van der Waals surface area contributed by atoms with Gasteiger partial charge in [0.15, 0.2) is 0 Å². The number of rotatable bonds is 0. The molecule has 0 radical (unpaired) electrons. The fourth-order valence-corrected chi connectivity index (χ4v) is 0.613. The highest BCUT2D eigenvalue weighted by molar-refractivity contribution is 5.96. The third kappa shape index (κ3) is 0.937. The first-order valence-corrected chi connectivity index (χ1v) is 2.65. The molecule has 1 atom stereocenters. The summed E-state index contributed by atoms with van der Waals surface area (Å²) in [5.41, 5.74) is 9.92. The molecule has 0 aromatic rings. The number of nitrogens with two attached hydrogens (primary N) is 2. The monoisotopic (exact) mass is 145 g/mol. The van der Waals surface area contributed by atoms with E-state index in [1.165, 1.54) is 0 Å². The van der Waals surface area contributed by atoms with E-state index in [9.17, 15) is 9.59 Å². The van der Waals surface area contributed by atoms with Gasteiger partial charge in [-0.15, -0.1) is 5.06 Å². The van der Waals surface area contributed by atoms with E-state index >= 15 is 0 Å². The van der Waals surface area contributed by atoms with E-state index < -0.39 is 18.0 Å². The van der Waals surface area contributed by atoms with Crippen LogP contribution in [0.2, 0.25) is 0 Å². The van der Waals surface area contributed by atoms with E-state index in [1.807, 2.05) is 0 Å². The maximum absolute atomic E-state index is 10.7. The molecule has 3 amide bonds. The van der Waals surface area contributed by atoms with Gasteiger partial charge < -0.3 is 11.5 Å². The molecule has 1 heterocycles. The Bertz CT molecular complexity index is 181. The van der Waals surface area contributed by atoms with Gasteiger partial charge in [-0.2, -0.15) is 0 Å². The number of urea groups is 1. The lowest BCUT2D eigenvalue weighted by atomic mass is 10.3. The minimum Gasteiger partial charge on any atom is -0.349 e. The topological polar surface area (TPSA) is 98.7 Å². The van der Waals surface area contributed by atoms with E-state index in [4.69, 9.17) is 11.5 Å². The molecule has 1 saturated heterocycles. The Morgan fingerprint density at radius 1 is 1.80 bits per heavy atom. The number of amides is 3. The van der Waals surface area contributed by atoms with Crippen LogP contribution < -0.4 is 11.5 Å². The minimum atomic E-state index is -0.932. The summed E-state index contributed by atoms with van der Waals surface area (Å²) in [6.45, 7) is 0.0156. The summed E-state index contributed by atoms with van der Waals surface area (Å²) in [7, 11) is 0. The predicted octanol–water partition coefficient (Wildman–Crippen LogP) is -1.83. The van der Waals surface area contributed by atoms with Crippen LogP contribution in [0.15, 0.2) is 0 Å². The molecule has 0 aromatic carbocycles. The number of imide groups is 1. The van der Waals surface area contributed by atoms with Crippen LogP contribution >= 0.6 is 0 Å². The van der Waals surface area contributed by atoms with Gasteiger partial charge in [0.05, 0.1) is 6.61 Å². The van der Waals surface area contributed by atoms with Gasteiger partial charge in [-0.05, 0) is 0 Å². The zero-order chi connectivity index (χ0) is 7.72. The van der Waals surface area contributed by atoms with Crippen molar-refractivity contribution in [1.82, 2.24) is 5.06 Å². The van der Waals surface area contributed by atoms with Gasteiger partial charge in [0.1, 0.15) is 6.04 Å². The fourth-order valence-electron chi connectivity index (χ4n) is 0.613. The van der Waals surface area contributed by atoms with Crippen LogP contribution in [-0.2, 0) is 9.63 Å². The lowest BCUT2D eigenvalue weighted by molar-refractivity contribution is -0.146. The Hall–Kier alpha value is -1.14. The van der Waals surface area contributed by atoms with Crippen molar-refractivity contribution < 1.29 is 14.4 Å². The van der Waals surface area contributed by atoms with Crippen molar-refractivity contribution in [2.24, 2.45) is 11.5 Å². The van der Waals surface area contributed by atoms with Gasteiger partial charge in [-0.1, -0.05) is 0 Å². The average Bonchev–Trinajstić information content (AvgIpc) is 2.14. The van der Waals surface area contributed by atoms with Gasteiger partial charge in [0, 0.05) is 0 Å². The van der Waals surface area contributed by atoms with Crippen LogP contribution in [-0.4, -0.2) is 29.7 Å². The Balaban J connectivity index is 2.66. The number of carbonyl (C=O) groups is 2. The van der Waals surface area contributed by atoms with Crippen LogP contribution in [0.5, 0.6) is 0 Å². The van der Waals surface area contributed by atoms with Crippen molar-refractivity contribution in [2.75, 3.05) is 6.61 Å². The number of carbonyl (C=O) groups excluding carboxylic acids is 2. The van der Waals surface area contributed by atoms with E-state index in [0.29, 0.717) is 5.06 Å².